The van der Waals surface area contributed by atoms with Gasteiger partial charge < -0.3 is 4.90 Å². The van der Waals surface area contributed by atoms with Crippen LogP contribution in [0, 0.1) is 0 Å². The number of nitrogens with zero attached hydrogens (tertiary/aromatic N) is 2. The minimum absolute atomic E-state index is 0.0609. The van der Waals surface area contributed by atoms with E-state index in [4.69, 9.17) is 0 Å². The molecule has 4 amide bonds. The van der Waals surface area contributed by atoms with Crippen LogP contribution in [0.25, 0.3) is 6.08 Å². The van der Waals surface area contributed by atoms with Crippen LogP contribution in [0.4, 0.5) is 16.2 Å². The van der Waals surface area contributed by atoms with E-state index in [1.807, 2.05) is 24.3 Å². The molecule has 0 radical (unpaired) electrons. The molecule has 0 saturated carbocycles. The second-order valence-electron chi connectivity index (χ2n) is 6.93. The molecule has 0 unspecified atom stereocenters. The van der Waals surface area contributed by atoms with E-state index in [-0.39, 0.29) is 5.57 Å². The summed E-state index contributed by atoms with van der Waals surface area (Å²) >= 11 is 0. The largest absolute Gasteiger partial charge is 0.372 e. The number of imide groups is 2. The standard InChI is InChI=1S/C22H21N3O3/c26-20-19(21(27)25(22(28)23-20)18-7-3-1-4-8-18)15-16-9-11-17(12-10-16)24-13-5-2-6-14-24/h1,3-4,7-12,15H,2,5-6,13-14H2,(H,23,26,28)/b19-15+. The predicted molar refractivity (Wildman–Crippen MR) is 108 cm³/mol. The van der Waals surface area contributed by atoms with Gasteiger partial charge in [0.1, 0.15) is 5.57 Å². The van der Waals surface area contributed by atoms with Gasteiger partial charge in [-0.05, 0) is 55.2 Å². The summed E-state index contributed by atoms with van der Waals surface area (Å²) < 4.78 is 0. The number of urea groups is 1. The second kappa shape index (κ2) is 7.68. The first-order chi connectivity index (χ1) is 13.6. The summed E-state index contributed by atoms with van der Waals surface area (Å²) in [4.78, 5) is 40.6. The van der Waals surface area contributed by atoms with E-state index >= 15 is 0 Å². The van der Waals surface area contributed by atoms with Gasteiger partial charge in [-0.25, -0.2) is 9.69 Å². The van der Waals surface area contributed by atoms with Crippen LogP contribution >= 0.6 is 0 Å². The van der Waals surface area contributed by atoms with Crippen LogP contribution in [0.15, 0.2) is 60.2 Å². The lowest BCUT2D eigenvalue weighted by atomic mass is 10.1. The lowest BCUT2D eigenvalue weighted by molar-refractivity contribution is -0.122. The van der Waals surface area contributed by atoms with E-state index in [9.17, 15) is 14.4 Å². The maximum Gasteiger partial charge on any atom is 0.335 e. The van der Waals surface area contributed by atoms with Crippen molar-refractivity contribution < 1.29 is 14.4 Å². The fourth-order valence-corrected chi connectivity index (χ4v) is 3.57. The highest BCUT2D eigenvalue weighted by molar-refractivity contribution is 6.39. The van der Waals surface area contributed by atoms with Crippen molar-refractivity contribution in [3.8, 4) is 0 Å². The Kier molecular flexibility index (Phi) is 4.93. The lowest BCUT2D eigenvalue weighted by Gasteiger charge is -2.29. The zero-order valence-corrected chi connectivity index (χ0v) is 15.4. The van der Waals surface area contributed by atoms with Crippen molar-refractivity contribution in [1.82, 2.24) is 5.32 Å². The number of piperidine rings is 1. The Morgan fingerprint density at radius 3 is 2.14 bits per heavy atom. The molecule has 28 heavy (non-hydrogen) atoms. The van der Waals surface area contributed by atoms with Gasteiger partial charge in [0.05, 0.1) is 5.69 Å². The van der Waals surface area contributed by atoms with Crippen molar-refractivity contribution >= 4 is 35.3 Å². The number of amides is 4. The number of carbonyl (C=O) groups is 3. The van der Waals surface area contributed by atoms with Crippen LogP contribution in [0.2, 0.25) is 0 Å². The highest BCUT2D eigenvalue weighted by atomic mass is 16.2. The van der Waals surface area contributed by atoms with Crippen molar-refractivity contribution in [1.29, 1.82) is 0 Å². The third-order valence-electron chi connectivity index (χ3n) is 5.04. The smallest absolute Gasteiger partial charge is 0.335 e. The Morgan fingerprint density at radius 1 is 0.786 bits per heavy atom. The van der Waals surface area contributed by atoms with Gasteiger partial charge in [-0.3, -0.25) is 14.9 Å². The van der Waals surface area contributed by atoms with Gasteiger partial charge in [0, 0.05) is 18.8 Å². The maximum absolute atomic E-state index is 12.8. The molecule has 0 bridgehead atoms. The third kappa shape index (κ3) is 3.53. The highest BCUT2D eigenvalue weighted by Crippen LogP contribution is 2.24. The van der Waals surface area contributed by atoms with Gasteiger partial charge in [-0.2, -0.15) is 0 Å². The number of hydrogen-bond acceptors (Lipinski definition) is 4. The molecule has 2 fully saturated rings. The van der Waals surface area contributed by atoms with Crippen LogP contribution in [0.3, 0.4) is 0 Å². The number of rotatable bonds is 3. The van der Waals surface area contributed by atoms with Gasteiger partial charge in [0.15, 0.2) is 0 Å². The minimum Gasteiger partial charge on any atom is -0.372 e. The molecule has 6 nitrogen and oxygen atoms in total. The van der Waals surface area contributed by atoms with E-state index in [0.717, 1.165) is 29.2 Å². The molecule has 0 atom stereocenters. The summed E-state index contributed by atoms with van der Waals surface area (Å²) in [6.07, 6.45) is 5.20. The average molecular weight is 375 g/mol. The molecular weight excluding hydrogens is 354 g/mol. The summed E-state index contributed by atoms with van der Waals surface area (Å²) in [6, 6.07) is 15.6. The molecule has 2 aromatic carbocycles. The summed E-state index contributed by atoms with van der Waals surface area (Å²) in [5, 5.41) is 2.24. The lowest BCUT2D eigenvalue weighted by Crippen LogP contribution is -2.54. The second-order valence-corrected chi connectivity index (χ2v) is 6.93. The number of hydrogen-bond donors (Lipinski definition) is 1. The number of nitrogens with one attached hydrogen (secondary N) is 1. The summed E-state index contributed by atoms with van der Waals surface area (Å²) in [7, 11) is 0. The predicted octanol–water partition coefficient (Wildman–Crippen LogP) is 3.34. The first kappa shape index (κ1) is 18.0. The van der Waals surface area contributed by atoms with Crippen molar-refractivity contribution in [3.63, 3.8) is 0 Å². The van der Waals surface area contributed by atoms with E-state index in [1.165, 1.54) is 25.3 Å². The van der Waals surface area contributed by atoms with E-state index in [1.54, 1.807) is 30.3 Å². The quantitative estimate of drug-likeness (QED) is 0.660. The molecular formula is C22H21N3O3. The van der Waals surface area contributed by atoms with Gasteiger partial charge >= 0.3 is 6.03 Å². The Bertz CT molecular complexity index is 929. The van der Waals surface area contributed by atoms with Gasteiger partial charge in [-0.15, -0.1) is 0 Å². The molecule has 2 aromatic rings. The fraction of sp³-hybridized carbons (Fsp3) is 0.227. The zero-order chi connectivity index (χ0) is 19.5. The topological polar surface area (TPSA) is 69.7 Å². The van der Waals surface area contributed by atoms with Gasteiger partial charge in [-0.1, -0.05) is 30.3 Å². The summed E-state index contributed by atoms with van der Waals surface area (Å²) in [5.74, 6) is -1.30. The SMILES string of the molecule is O=C1NC(=O)N(c2ccccc2)C(=O)/C1=C/c1ccc(N2CCCCC2)cc1. The molecule has 1 N–H and O–H groups in total. The molecule has 6 heteroatoms. The number of anilines is 2. The molecule has 0 spiro atoms. The van der Waals surface area contributed by atoms with E-state index < -0.39 is 17.8 Å². The molecule has 2 aliphatic heterocycles. The van der Waals surface area contributed by atoms with Crippen molar-refractivity contribution in [2.75, 3.05) is 22.9 Å². The fourth-order valence-electron chi connectivity index (χ4n) is 3.57. The first-order valence-corrected chi connectivity index (χ1v) is 9.45. The van der Waals surface area contributed by atoms with Crippen LogP contribution in [0.5, 0.6) is 0 Å². The summed E-state index contributed by atoms with van der Waals surface area (Å²) in [6.45, 7) is 2.10. The van der Waals surface area contributed by atoms with Crippen LogP contribution in [-0.2, 0) is 9.59 Å². The number of barbiturate groups is 1. The molecule has 2 aliphatic rings. The molecule has 2 saturated heterocycles. The number of carbonyl (C=O) groups excluding carboxylic acids is 3. The van der Waals surface area contributed by atoms with Crippen molar-refractivity contribution in [2.24, 2.45) is 0 Å². The minimum atomic E-state index is -0.737. The van der Waals surface area contributed by atoms with Crippen LogP contribution in [-0.4, -0.2) is 30.9 Å². The van der Waals surface area contributed by atoms with Crippen molar-refractivity contribution in [3.05, 3.63) is 65.7 Å². The highest BCUT2D eigenvalue weighted by Gasteiger charge is 2.36. The zero-order valence-electron chi connectivity index (χ0n) is 15.4. The Morgan fingerprint density at radius 2 is 1.46 bits per heavy atom. The Hall–Kier alpha value is -3.41. The van der Waals surface area contributed by atoms with Gasteiger partial charge in [0.2, 0.25) is 0 Å². The monoisotopic (exact) mass is 375 g/mol. The average Bonchev–Trinajstić information content (AvgIpc) is 2.73. The Labute approximate surface area is 163 Å². The molecule has 0 aliphatic carbocycles. The number of para-hydroxylation sites is 1. The molecule has 2 heterocycles. The van der Waals surface area contributed by atoms with Crippen LogP contribution in [0.1, 0.15) is 24.8 Å². The van der Waals surface area contributed by atoms with Crippen molar-refractivity contribution in [2.45, 2.75) is 19.3 Å². The molecule has 142 valence electrons. The van der Waals surface area contributed by atoms with Crippen LogP contribution < -0.4 is 15.1 Å². The summed E-state index contributed by atoms with van der Waals surface area (Å²) in [5.41, 5.74) is 2.24. The molecule has 4 rings (SSSR count). The van der Waals surface area contributed by atoms with E-state index in [2.05, 4.69) is 10.2 Å². The Balaban J connectivity index is 1.59. The number of benzene rings is 2. The maximum atomic E-state index is 12.8. The van der Waals surface area contributed by atoms with E-state index in [0.29, 0.717) is 5.69 Å². The van der Waals surface area contributed by atoms with Gasteiger partial charge in [0.25, 0.3) is 11.8 Å². The normalized spacial score (nSPS) is 19.1. The first-order valence-electron chi connectivity index (χ1n) is 9.45. The molecule has 0 aromatic heterocycles. The third-order valence-corrected chi connectivity index (χ3v) is 5.04.